The molecule has 17 heavy (non-hydrogen) atoms. The van der Waals surface area contributed by atoms with Crippen LogP contribution in [0.3, 0.4) is 0 Å². The normalized spacial score (nSPS) is 21.1. The van der Waals surface area contributed by atoms with Crippen LogP contribution in [-0.2, 0) is 9.53 Å². The lowest BCUT2D eigenvalue weighted by molar-refractivity contribution is -0.147. The molecule has 1 aliphatic heterocycles. The minimum Gasteiger partial charge on any atom is -0.469 e. The third kappa shape index (κ3) is 5.35. The van der Waals surface area contributed by atoms with Gasteiger partial charge >= 0.3 is 5.97 Å². The highest BCUT2D eigenvalue weighted by Crippen LogP contribution is 2.18. The van der Waals surface area contributed by atoms with Gasteiger partial charge in [-0.15, -0.1) is 6.58 Å². The van der Waals surface area contributed by atoms with Crippen LogP contribution >= 0.6 is 0 Å². The van der Waals surface area contributed by atoms with E-state index >= 15 is 0 Å². The first-order valence-corrected chi connectivity index (χ1v) is 6.69. The fourth-order valence-corrected chi connectivity index (χ4v) is 2.42. The molecule has 0 aromatic rings. The van der Waals surface area contributed by atoms with Crippen LogP contribution in [0, 0.1) is 5.92 Å². The molecule has 98 valence electrons. The lowest BCUT2D eigenvalue weighted by Crippen LogP contribution is -2.39. The maximum atomic E-state index is 11.5. The Morgan fingerprint density at radius 3 is 3.00 bits per heavy atom. The number of allylic oxidation sites excluding steroid dienone is 1. The Labute approximate surface area is 105 Å². The van der Waals surface area contributed by atoms with Crippen molar-refractivity contribution in [2.75, 3.05) is 26.7 Å². The first kappa shape index (κ1) is 14.2. The summed E-state index contributed by atoms with van der Waals surface area (Å²) < 4.78 is 4.82. The molecule has 0 aromatic carbocycles. The first-order valence-electron chi connectivity index (χ1n) is 6.69. The molecule has 3 heteroatoms. The molecule has 0 N–H and O–H groups in total. The Balaban J connectivity index is 2.16. The molecule has 1 saturated heterocycles. The second kappa shape index (κ2) is 8.29. The van der Waals surface area contributed by atoms with E-state index in [0.29, 0.717) is 0 Å². The Hall–Kier alpha value is -0.830. The van der Waals surface area contributed by atoms with Crippen LogP contribution in [-0.4, -0.2) is 37.6 Å². The van der Waals surface area contributed by atoms with Crippen LogP contribution in [0.1, 0.15) is 38.5 Å². The summed E-state index contributed by atoms with van der Waals surface area (Å²) in [5.41, 5.74) is 0. The number of methoxy groups -OCH3 is 1. The lowest BCUT2D eigenvalue weighted by atomic mass is 9.98. The number of piperidine rings is 1. The van der Waals surface area contributed by atoms with E-state index in [1.54, 1.807) is 0 Å². The monoisotopic (exact) mass is 239 g/mol. The number of carbonyl (C=O) groups is 1. The van der Waals surface area contributed by atoms with Crippen molar-refractivity contribution >= 4 is 5.97 Å². The van der Waals surface area contributed by atoms with Gasteiger partial charge in [0.2, 0.25) is 0 Å². The molecule has 1 aliphatic rings. The van der Waals surface area contributed by atoms with Gasteiger partial charge in [-0.1, -0.05) is 12.5 Å². The number of unbranched alkanes of at least 4 members (excludes halogenated alkanes) is 3. The minimum atomic E-state index is -0.0404. The molecule has 1 fully saturated rings. The van der Waals surface area contributed by atoms with Gasteiger partial charge in [0, 0.05) is 6.54 Å². The fourth-order valence-electron chi connectivity index (χ4n) is 2.42. The highest BCUT2D eigenvalue weighted by Gasteiger charge is 2.25. The van der Waals surface area contributed by atoms with Gasteiger partial charge in [0.15, 0.2) is 0 Å². The number of hydrogen-bond donors (Lipinski definition) is 0. The second-order valence-electron chi connectivity index (χ2n) is 4.80. The summed E-state index contributed by atoms with van der Waals surface area (Å²) in [4.78, 5) is 13.9. The Kier molecular flexibility index (Phi) is 6.94. The molecule has 0 saturated carbocycles. The van der Waals surface area contributed by atoms with Gasteiger partial charge in [-0.05, 0) is 45.2 Å². The molecular weight excluding hydrogens is 214 g/mol. The van der Waals surface area contributed by atoms with Gasteiger partial charge < -0.3 is 9.64 Å². The topological polar surface area (TPSA) is 29.5 Å². The third-order valence-electron chi connectivity index (χ3n) is 3.42. The van der Waals surface area contributed by atoms with Crippen LogP contribution < -0.4 is 0 Å². The molecule has 0 aromatic heterocycles. The average Bonchev–Trinajstić information content (AvgIpc) is 2.38. The summed E-state index contributed by atoms with van der Waals surface area (Å²) in [7, 11) is 1.48. The number of esters is 1. The van der Waals surface area contributed by atoms with Gasteiger partial charge in [-0.2, -0.15) is 0 Å². The summed E-state index contributed by atoms with van der Waals surface area (Å²) >= 11 is 0. The maximum Gasteiger partial charge on any atom is 0.309 e. The van der Waals surface area contributed by atoms with E-state index in [0.717, 1.165) is 38.9 Å². The molecular formula is C14H25NO2. The minimum absolute atomic E-state index is 0.0404. The summed E-state index contributed by atoms with van der Waals surface area (Å²) in [6.07, 6.45) is 8.91. The second-order valence-corrected chi connectivity index (χ2v) is 4.80. The number of rotatable bonds is 7. The standard InChI is InChI=1S/C14H25NO2/c1-3-4-5-6-7-10-15-11-8-9-13(12-15)14(16)17-2/h3,13H,1,4-12H2,2H3. The highest BCUT2D eigenvalue weighted by molar-refractivity contribution is 5.72. The van der Waals surface area contributed by atoms with Crippen LogP contribution in [0.5, 0.6) is 0 Å². The fraction of sp³-hybridized carbons (Fsp3) is 0.786. The Bertz CT molecular complexity index is 240. The molecule has 1 unspecified atom stereocenters. The van der Waals surface area contributed by atoms with Crippen molar-refractivity contribution in [3.8, 4) is 0 Å². The quantitative estimate of drug-likeness (QED) is 0.388. The van der Waals surface area contributed by atoms with E-state index in [9.17, 15) is 4.79 Å². The van der Waals surface area contributed by atoms with Gasteiger partial charge in [0.1, 0.15) is 0 Å². The third-order valence-corrected chi connectivity index (χ3v) is 3.42. The van der Waals surface area contributed by atoms with Crippen molar-refractivity contribution in [1.82, 2.24) is 4.90 Å². The highest BCUT2D eigenvalue weighted by atomic mass is 16.5. The molecule has 3 nitrogen and oxygen atoms in total. The Morgan fingerprint density at radius 2 is 2.29 bits per heavy atom. The molecule has 1 heterocycles. The predicted octanol–water partition coefficient (Wildman–Crippen LogP) is 2.62. The van der Waals surface area contributed by atoms with E-state index in [-0.39, 0.29) is 11.9 Å². The van der Waals surface area contributed by atoms with Crippen molar-refractivity contribution in [2.24, 2.45) is 5.92 Å². The largest absolute Gasteiger partial charge is 0.469 e. The van der Waals surface area contributed by atoms with Crippen molar-refractivity contribution in [1.29, 1.82) is 0 Å². The zero-order valence-corrected chi connectivity index (χ0v) is 11.0. The van der Waals surface area contributed by atoms with Crippen molar-refractivity contribution in [3.05, 3.63) is 12.7 Å². The van der Waals surface area contributed by atoms with E-state index in [1.165, 1.54) is 26.4 Å². The van der Waals surface area contributed by atoms with Crippen LogP contribution in [0.2, 0.25) is 0 Å². The van der Waals surface area contributed by atoms with Gasteiger partial charge in [0.25, 0.3) is 0 Å². The molecule has 0 amide bonds. The summed E-state index contributed by atoms with van der Waals surface area (Å²) in [5, 5.41) is 0. The van der Waals surface area contributed by atoms with Crippen LogP contribution in [0.25, 0.3) is 0 Å². The van der Waals surface area contributed by atoms with Crippen LogP contribution in [0.15, 0.2) is 12.7 Å². The zero-order chi connectivity index (χ0) is 12.5. The molecule has 0 bridgehead atoms. The number of nitrogens with zero attached hydrogens (tertiary/aromatic N) is 1. The van der Waals surface area contributed by atoms with Crippen molar-refractivity contribution in [3.63, 3.8) is 0 Å². The van der Waals surface area contributed by atoms with Gasteiger partial charge in [-0.25, -0.2) is 0 Å². The molecule has 1 rings (SSSR count). The maximum absolute atomic E-state index is 11.5. The van der Waals surface area contributed by atoms with Crippen molar-refractivity contribution < 1.29 is 9.53 Å². The SMILES string of the molecule is C=CCCCCCN1CCCC(C(=O)OC)C1. The average molecular weight is 239 g/mol. The zero-order valence-electron chi connectivity index (χ0n) is 11.0. The van der Waals surface area contributed by atoms with E-state index < -0.39 is 0 Å². The Morgan fingerprint density at radius 1 is 1.47 bits per heavy atom. The number of likely N-dealkylation sites (tertiary alicyclic amines) is 1. The van der Waals surface area contributed by atoms with E-state index in [1.807, 2.05) is 6.08 Å². The molecule has 0 radical (unpaired) electrons. The van der Waals surface area contributed by atoms with Gasteiger partial charge in [-0.3, -0.25) is 4.79 Å². The molecule has 0 spiro atoms. The predicted molar refractivity (Wildman–Crippen MR) is 69.8 cm³/mol. The number of carbonyl (C=O) groups excluding carboxylic acids is 1. The number of ether oxygens (including phenoxy) is 1. The first-order chi connectivity index (χ1) is 8.27. The number of hydrogen-bond acceptors (Lipinski definition) is 3. The van der Waals surface area contributed by atoms with Crippen LogP contribution in [0.4, 0.5) is 0 Å². The smallest absolute Gasteiger partial charge is 0.309 e. The van der Waals surface area contributed by atoms with E-state index in [4.69, 9.17) is 4.74 Å². The summed E-state index contributed by atoms with van der Waals surface area (Å²) in [6.45, 7) is 6.86. The van der Waals surface area contributed by atoms with Crippen molar-refractivity contribution in [2.45, 2.75) is 38.5 Å². The molecule has 0 aliphatic carbocycles. The van der Waals surface area contributed by atoms with Gasteiger partial charge in [0.05, 0.1) is 13.0 Å². The van der Waals surface area contributed by atoms with E-state index in [2.05, 4.69) is 11.5 Å². The summed E-state index contributed by atoms with van der Waals surface area (Å²) in [6, 6.07) is 0. The lowest BCUT2D eigenvalue weighted by Gasteiger charge is -2.31. The summed E-state index contributed by atoms with van der Waals surface area (Å²) in [5.74, 6) is 0.0586. The molecule has 1 atom stereocenters.